The standard InChI is InChI=1S/C48H34N2O2P2/c51-53(37-13-5-1-6-14-37,38-15-7-2-8-16-38)41-25-21-35(22-26-41)43-31-33-49-47-45(43)29-30-46-44(32-34-50-48(46)47)36-23-27-42(28-24-36)54(52,39-17-9-3-10-18-39)40-19-11-4-12-20-40/h1-34H. The fourth-order valence-electron chi connectivity index (χ4n) is 7.48. The maximum absolute atomic E-state index is 14.9. The van der Waals surface area contributed by atoms with E-state index in [0.717, 1.165) is 75.9 Å². The van der Waals surface area contributed by atoms with Crippen LogP contribution >= 0.6 is 14.3 Å². The van der Waals surface area contributed by atoms with Crippen LogP contribution in [0.1, 0.15) is 0 Å². The van der Waals surface area contributed by atoms with Gasteiger partial charge < -0.3 is 9.13 Å². The first-order valence-electron chi connectivity index (χ1n) is 17.9. The van der Waals surface area contributed by atoms with Crippen LogP contribution in [0.4, 0.5) is 0 Å². The molecule has 0 saturated heterocycles. The summed E-state index contributed by atoms with van der Waals surface area (Å²) in [7, 11) is -6.17. The lowest BCUT2D eigenvalue weighted by Gasteiger charge is -2.20. The van der Waals surface area contributed by atoms with E-state index < -0.39 is 14.3 Å². The second-order valence-corrected chi connectivity index (χ2v) is 18.8. The van der Waals surface area contributed by atoms with Crippen LogP contribution in [0.15, 0.2) is 207 Å². The van der Waals surface area contributed by atoms with E-state index in [4.69, 9.17) is 9.97 Å². The van der Waals surface area contributed by atoms with E-state index >= 15 is 0 Å². The second-order valence-electron chi connectivity index (χ2n) is 13.2. The summed E-state index contributed by atoms with van der Waals surface area (Å²) in [4.78, 5) is 9.67. The van der Waals surface area contributed by atoms with Crippen molar-refractivity contribution < 1.29 is 9.13 Å². The molecule has 0 fully saturated rings. The van der Waals surface area contributed by atoms with Gasteiger partial charge in [-0.3, -0.25) is 9.97 Å². The zero-order valence-corrected chi connectivity index (χ0v) is 31.0. The minimum absolute atomic E-state index is 0.786. The lowest BCUT2D eigenvalue weighted by molar-refractivity contribution is 0.591. The molecule has 0 aliphatic heterocycles. The second kappa shape index (κ2) is 14.0. The zero-order chi connectivity index (χ0) is 36.5. The van der Waals surface area contributed by atoms with Crippen molar-refractivity contribution in [1.82, 2.24) is 9.97 Å². The molecule has 258 valence electrons. The maximum Gasteiger partial charge on any atom is 0.171 e. The molecule has 0 atom stereocenters. The first-order chi connectivity index (χ1) is 26.5. The Bertz CT molecular complexity index is 2560. The predicted octanol–water partition coefficient (Wildman–Crippen LogP) is 9.40. The monoisotopic (exact) mass is 732 g/mol. The SMILES string of the molecule is O=P(c1ccccc1)(c1ccccc1)c1ccc(-c2ccnc3c2ccc2c(-c4ccc(P(=O)(c5ccccc5)c5ccccc5)cc4)ccnc23)cc1. The minimum atomic E-state index is -3.09. The average molecular weight is 733 g/mol. The Morgan fingerprint density at radius 3 is 0.870 bits per heavy atom. The molecule has 0 amide bonds. The number of pyridine rings is 2. The summed E-state index contributed by atoms with van der Waals surface area (Å²) in [6.45, 7) is 0. The van der Waals surface area contributed by atoms with Gasteiger partial charge >= 0.3 is 0 Å². The minimum Gasteiger partial charge on any atom is -0.309 e. The third-order valence-electron chi connectivity index (χ3n) is 10.2. The molecule has 0 spiro atoms. The number of hydrogen-bond acceptors (Lipinski definition) is 4. The van der Waals surface area contributed by atoms with Crippen molar-refractivity contribution in [3.05, 3.63) is 207 Å². The molecule has 4 nitrogen and oxygen atoms in total. The topological polar surface area (TPSA) is 59.9 Å². The van der Waals surface area contributed by atoms with Gasteiger partial charge in [0.2, 0.25) is 0 Å². The van der Waals surface area contributed by atoms with Crippen molar-refractivity contribution in [2.24, 2.45) is 0 Å². The molecule has 0 saturated carbocycles. The van der Waals surface area contributed by atoms with Gasteiger partial charge in [-0.2, -0.15) is 0 Å². The van der Waals surface area contributed by atoms with Gasteiger partial charge in [-0.25, -0.2) is 0 Å². The average Bonchev–Trinajstić information content (AvgIpc) is 3.26. The van der Waals surface area contributed by atoms with E-state index in [9.17, 15) is 9.13 Å². The summed E-state index contributed by atoms with van der Waals surface area (Å²) < 4.78 is 29.9. The molecule has 6 heteroatoms. The van der Waals surface area contributed by atoms with E-state index in [1.54, 1.807) is 0 Å². The lowest BCUT2D eigenvalue weighted by Crippen LogP contribution is -2.24. The number of hydrogen-bond donors (Lipinski definition) is 0. The van der Waals surface area contributed by atoms with Gasteiger partial charge in [-0.1, -0.05) is 182 Å². The van der Waals surface area contributed by atoms with Crippen LogP contribution in [0.2, 0.25) is 0 Å². The van der Waals surface area contributed by atoms with Crippen LogP contribution in [-0.2, 0) is 9.13 Å². The number of fused-ring (bicyclic) bond motifs is 3. The molecular weight excluding hydrogens is 698 g/mol. The number of aromatic nitrogens is 2. The summed E-state index contributed by atoms with van der Waals surface area (Å²) in [5, 5.41) is 6.77. The molecule has 2 heterocycles. The molecule has 0 aliphatic rings. The van der Waals surface area contributed by atoms with Crippen LogP contribution in [0.25, 0.3) is 44.1 Å². The maximum atomic E-state index is 14.9. The summed E-state index contributed by atoms with van der Waals surface area (Å²) in [5.41, 5.74) is 5.68. The van der Waals surface area contributed by atoms with Gasteiger partial charge in [0, 0.05) is 55.0 Å². The van der Waals surface area contributed by atoms with Gasteiger partial charge in [0.15, 0.2) is 14.3 Å². The smallest absolute Gasteiger partial charge is 0.171 e. The fourth-order valence-corrected chi connectivity index (χ4v) is 12.8. The van der Waals surface area contributed by atoms with Crippen molar-refractivity contribution in [2.75, 3.05) is 0 Å². The molecule has 9 rings (SSSR count). The van der Waals surface area contributed by atoms with E-state index in [0.29, 0.717) is 0 Å². The predicted molar refractivity (Wildman–Crippen MR) is 227 cm³/mol. The van der Waals surface area contributed by atoms with E-state index in [-0.39, 0.29) is 0 Å². The Morgan fingerprint density at radius 1 is 0.296 bits per heavy atom. The molecule has 54 heavy (non-hydrogen) atoms. The molecule has 9 aromatic rings. The molecule has 0 N–H and O–H groups in total. The highest BCUT2D eigenvalue weighted by Crippen LogP contribution is 2.44. The highest BCUT2D eigenvalue weighted by atomic mass is 31.2. The van der Waals surface area contributed by atoms with Crippen molar-refractivity contribution in [3.8, 4) is 22.3 Å². The zero-order valence-electron chi connectivity index (χ0n) is 29.2. The molecule has 2 aromatic heterocycles. The normalized spacial score (nSPS) is 11.9. The quantitative estimate of drug-likeness (QED) is 0.115. The third-order valence-corrected chi connectivity index (χ3v) is 16.3. The van der Waals surface area contributed by atoms with Crippen LogP contribution in [0.5, 0.6) is 0 Å². The Morgan fingerprint density at radius 2 is 0.574 bits per heavy atom. The van der Waals surface area contributed by atoms with Crippen LogP contribution < -0.4 is 31.8 Å². The summed E-state index contributed by atoms with van der Waals surface area (Å²) in [6, 6.07) is 63.4. The first kappa shape index (κ1) is 33.6. The van der Waals surface area contributed by atoms with Crippen molar-refractivity contribution >= 4 is 67.9 Å². The first-order valence-corrected chi connectivity index (χ1v) is 21.3. The third kappa shape index (κ3) is 5.72. The molecule has 0 unspecified atom stereocenters. The highest BCUT2D eigenvalue weighted by Gasteiger charge is 2.31. The van der Waals surface area contributed by atoms with Gasteiger partial charge in [-0.15, -0.1) is 0 Å². The number of benzene rings is 7. The summed E-state index contributed by atoms with van der Waals surface area (Å²) >= 11 is 0. The highest BCUT2D eigenvalue weighted by molar-refractivity contribution is 7.85. The molecular formula is C48H34N2O2P2. The fraction of sp³-hybridized carbons (Fsp3) is 0. The molecule has 0 aliphatic carbocycles. The molecule has 7 aromatic carbocycles. The summed E-state index contributed by atoms with van der Waals surface area (Å²) in [6.07, 6.45) is 3.66. The Labute approximate surface area is 314 Å². The number of rotatable bonds is 8. The Hall–Kier alpha value is -6.18. The van der Waals surface area contributed by atoms with E-state index in [1.807, 2.05) is 170 Å². The van der Waals surface area contributed by atoms with Crippen LogP contribution in [0, 0.1) is 0 Å². The van der Waals surface area contributed by atoms with Gasteiger partial charge in [-0.05, 0) is 34.4 Å². The van der Waals surface area contributed by atoms with Gasteiger partial charge in [0.1, 0.15) is 0 Å². The van der Waals surface area contributed by atoms with Crippen LogP contribution in [-0.4, -0.2) is 9.97 Å². The molecule has 0 bridgehead atoms. The van der Waals surface area contributed by atoms with Crippen molar-refractivity contribution in [1.29, 1.82) is 0 Å². The van der Waals surface area contributed by atoms with Crippen LogP contribution in [0.3, 0.4) is 0 Å². The van der Waals surface area contributed by atoms with Gasteiger partial charge in [0.25, 0.3) is 0 Å². The van der Waals surface area contributed by atoms with Crippen molar-refractivity contribution in [2.45, 2.75) is 0 Å². The van der Waals surface area contributed by atoms with E-state index in [1.165, 1.54) is 0 Å². The van der Waals surface area contributed by atoms with Crippen molar-refractivity contribution in [3.63, 3.8) is 0 Å². The number of nitrogens with zero attached hydrogens (tertiary/aromatic N) is 2. The Balaban J connectivity index is 1.10. The van der Waals surface area contributed by atoms with Gasteiger partial charge in [0.05, 0.1) is 11.0 Å². The lowest BCUT2D eigenvalue weighted by atomic mass is 9.96. The largest absolute Gasteiger partial charge is 0.309 e. The summed E-state index contributed by atoms with van der Waals surface area (Å²) in [5.74, 6) is 0. The van der Waals surface area contributed by atoms with E-state index in [2.05, 4.69) is 36.4 Å². The molecule has 0 radical (unpaired) electrons. The Kier molecular flexibility index (Phi) is 8.72.